The highest BCUT2D eigenvalue weighted by Gasteiger charge is 2.07. The third kappa shape index (κ3) is 3.65. The summed E-state index contributed by atoms with van der Waals surface area (Å²) < 4.78 is 6.36. The SMILES string of the molecule is CCNc1ncc(Br)c(Oc2cccc(CO)c2)n1. The fraction of sp³-hybridized carbons (Fsp3) is 0.231. The number of nitrogens with zero attached hydrogens (tertiary/aromatic N) is 2. The second-order valence-electron chi connectivity index (χ2n) is 3.78. The van der Waals surface area contributed by atoms with E-state index in [4.69, 9.17) is 9.84 Å². The number of anilines is 1. The van der Waals surface area contributed by atoms with Crippen molar-refractivity contribution in [3.63, 3.8) is 0 Å². The van der Waals surface area contributed by atoms with E-state index in [2.05, 4.69) is 31.2 Å². The van der Waals surface area contributed by atoms with Crippen LogP contribution in [0, 0.1) is 0 Å². The van der Waals surface area contributed by atoms with Crippen molar-refractivity contribution in [3.8, 4) is 11.6 Å². The molecule has 2 rings (SSSR count). The second kappa shape index (κ2) is 6.49. The van der Waals surface area contributed by atoms with Gasteiger partial charge >= 0.3 is 0 Å². The summed E-state index contributed by atoms with van der Waals surface area (Å²) in [5.74, 6) is 1.56. The van der Waals surface area contributed by atoms with Crippen LogP contribution >= 0.6 is 15.9 Å². The van der Waals surface area contributed by atoms with E-state index in [1.54, 1.807) is 18.3 Å². The van der Waals surface area contributed by atoms with Crippen LogP contribution in [0.5, 0.6) is 11.6 Å². The first-order valence-corrected chi connectivity index (χ1v) is 6.66. The molecular weight excluding hydrogens is 310 g/mol. The largest absolute Gasteiger partial charge is 0.438 e. The van der Waals surface area contributed by atoms with Crippen molar-refractivity contribution in [2.24, 2.45) is 0 Å². The Labute approximate surface area is 119 Å². The van der Waals surface area contributed by atoms with Crippen LogP contribution in [0.4, 0.5) is 5.95 Å². The van der Waals surface area contributed by atoms with E-state index >= 15 is 0 Å². The Morgan fingerprint density at radius 1 is 1.42 bits per heavy atom. The lowest BCUT2D eigenvalue weighted by molar-refractivity contribution is 0.281. The number of aliphatic hydroxyl groups is 1. The maximum Gasteiger partial charge on any atom is 0.238 e. The van der Waals surface area contributed by atoms with Crippen molar-refractivity contribution in [2.75, 3.05) is 11.9 Å². The number of halogens is 1. The topological polar surface area (TPSA) is 67.3 Å². The van der Waals surface area contributed by atoms with Crippen molar-refractivity contribution in [1.82, 2.24) is 9.97 Å². The average Bonchev–Trinajstić information content (AvgIpc) is 2.43. The summed E-state index contributed by atoms with van der Waals surface area (Å²) in [6.07, 6.45) is 1.64. The lowest BCUT2D eigenvalue weighted by atomic mass is 10.2. The van der Waals surface area contributed by atoms with Gasteiger partial charge in [0.15, 0.2) is 0 Å². The zero-order valence-electron chi connectivity index (χ0n) is 10.4. The van der Waals surface area contributed by atoms with E-state index in [0.717, 1.165) is 12.1 Å². The summed E-state index contributed by atoms with van der Waals surface area (Å²) in [5.41, 5.74) is 0.787. The van der Waals surface area contributed by atoms with Gasteiger partial charge in [0.1, 0.15) is 5.75 Å². The third-order valence-corrected chi connectivity index (χ3v) is 2.89. The number of aromatic nitrogens is 2. The molecule has 1 heterocycles. The summed E-state index contributed by atoms with van der Waals surface area (Å²) in [6.45, 7) is 2.68. The lowest BCUT2D eigenvalue weighted by Gasteiger charge is -2.09. The number of hydrogen-bond acceptors (Lipinski definition) is 5. The molecule has 2 N–H and O–H groups in total. The van der Waals surface area contributed by atoms with Crippen molar-refractivity contribution in [2.45, 2.75) is 13.5 Å². The van der Waals surface area contributed by atoms with Gasteiger partial charge in [0, 0.05) is 6.54 Å². The Bertz CT molecular complexity index is 563. The fourth-order valence-corrected chi connectivity index (χ4v) is 1.76. The van der Waals surface area contributed by atoms with E-state index in [1.165, 1.54) is 0 Å². The average molecular weight is 324 g/mol. The molecule has 2 aromatic rings. The molecule has 0 atom stereocenters. The van der Waals surface area contributed by atoms with Gasteiger partial charge in [0.05, 0.1) is 17.3 Å². The van der Waals surface area contributed by atoms with E-state index < -0.39 is 0 Å². The molecule has 0 saturated heterocycles. The molecule has 0 aliphatic rings. The maximum absolute atomic E-state index is 9.10. The molecule has 0 aliphatic heterocycles. The molecular formula is C13H14BrN3O2. The second-order valence-corrected chi connectivity index (χ2v) is 4.64. The number of hydrogen-bond donors (Lipinski definition) is 2. The van der Waals surface area contributed by atoms with Gasteiger partial charge in [-0.3, -0.25) is 0 Å². The van der Waals surface area contributed by atoms with Gasteiger partial charge in [-0.25, -0.2) is 4.98 Å². The summed E-state index contributed by atoms with van der Waals surface area (Å²) in [5, 5.41) is 12.1. The van der Waals surface area contributed by atoms with Crippen LogP contribution in [0.2, 0.25) is 0 Å². The molecule has 100 valence electrons. The highest BCUT2D eigenvalue weighted by atomic mass is 79.9. The van der Waals surface area contributed by atoms with Gasteiger partial charge in [0.2, 0.25) is 11.8 Å². The standard InChI is InChI=1S/C13H14BrN3O2/c1-2-15-13-16-7-11(14)12(17-13)19-10-5-3-4-9(6-10)8-18/h3-7,18H,2,8H2,1H3,(H,15,16,17). The number of benzene rings is 1. The van der Waals surface area contributed by atoms with E-state index in [-0.39, 0.29) is 6.61 Å². The molecule has 0 radical (unpaired) electrons. The van der Waals surface area contributed by atoms with Crippen LogP contribution in [0.3, 0.4) is 0 Å². The number of aliphatic hydroxyl groups excluding tert-OH is 1. The van der Waals surface area contributed by atoms with Crippen LogP contribution in [-0.4, -0.2) is 21.6 Å². The van der Waals surface area contributed by atoms with Gasteiger partial charge in [-0.05, 0) is 40.5 Å². The van der Waals surface area contributed by atoms with E-state index in [9.17, 15) is 0 Å². The molecule has 19 heavy (non-hydrogen) atoms. The zero-order valence-corrected chi connectivity index (χ0v) is 12.0. The van der Waals surface area contributed by atoms with Crippen LogP contribution in [-0.2, 0) is 6.61 Å². The normalized spacial score (nSPS) is 10.3. The molecule has 0 saturated carbocycles. The molecule has 0 fully saturated rings. The summed E-state index contributed by atoms with van der Waals surface area (Å²) in [7, 11) is 0. The molecule has 5 nitrogen and oxygen atoms in total. The minimum Gasteiger partial charge on any atom is -0.438 e. The predicted octanol–water partition coefficient (Wildman–Crippen LogP) is 2.96. The maximum atomic E-state index is 9.10. The number of nitrogens with one attached hydrogen (secondary N) is 1. The van der Waals surface area contributed by atoms with Crippen molar-refractivity contribution in [1.29, 1.82) is 0 Å². The van der Waals surface area contributed by atoms with Gasteiger partial charge < -0.3 is 15.2 Å². The van der Waals surface area contributed by atoms with Crippen LogP contribution in [0.1, 0.15) is 12.5 Å². The Morgan fingerprint density at radius 2 is 2.26 bits per heavy atom. The molecule has 0 aliphatic carbocycles. The van der Waals surface area contributed by atoms with Crippen LogP contribution in [0.25, 0.3) is 0 Å². The van der Waals surface area contributed by atoms with Crippen molar-refractivity contribution in [3.05, 3.63) is 40.5 Å². The molecule has 1 aromatic heterocycles. The smallest absolute Gasteiger partial charge is 0.238 e. The van der Waals surface area contributed by atoms with Gasteiger partial charge in [-0.15, -0.1) is 0 Å². The first kappa shape index (κ1) is 13.8. The first-order valence-electron chi connectivity index (χ1n) is 5.87. The number of rotatable bonds is 5. The first-order chi connectivity index (χ1) is 9.22. The predicted molar refractivity (Wildman–Crippen MR) is 76.3 cm³/mol. The molecule has 0 amide bonds. The Morgan fingerprint density at radius 3 is 3.00 bits per heavy atom. The summed E-state index contributed by atoms with van der Waals surface area (Å²) >= 11 is 3.35. The van der Waals surface area contributed by atoms with Gasteiger partial charge in [0.25, 0.3) is 0 Å². The van der Waals surface area contributed by atoms with Crippen molar-refractivity contribution < 1.29 is 9.84 Å². The third-order valence-electron chi connectivity index (χ3n) is 2.34. The minimum atomic E-state index is -0.0230. The molecule has 1 aromatic carbocycles. The summed E-state index contributed by atoms with van der Waals surface area (Å²) in [6, 6.07) is 7.22. The Hall–Kier alpha value is -1.66. The highest BCUT2D eigenvalue weighted by Crippen LogP contribution is 2.28. The minimum absolute atomic E-state index is 0.0230. The lowest BCUT2D eigenvalue weighted by Crippen LogP contribution is -2.03. The quantitative estimate of drug-likeness (QED) is 0.885. The van der Waals surface area contributed by atoms with Gasteiger partial charge in [-0.1, -0.05) is 12.1 Å². The molecule has 6 heteroatoms. The van der Waals surface area contributed by atoms with Crippen molar-refractivity contribution >= 4 is 21.9 Å². The fourth-order valence-electron chi connectivity index (χ4n) is 1.49. The number of ether oxygens (including phenoxy) is 1. The van der Waals surface area contributed by atoms with E-state index in [1.807, 2.05) is 19.1 Å². The summed E-state index contributed by atoms with van der Waals surface area (Å²) in [4.78, 5) is 8.37. The van der Waals surface area contributed by atoms with Gasteiger partial charge in [-0.2, -0.15) is 4.98 Å². The molecule has 0 unspecified atom stereocenters. The molecule has 0 bridgehead atoms. The zero-order chi connectivity index (χ0) is 13.7. The van der Waals surface area contributed by atoms with E-state index in [0.29, 0.717) is 22.1 Å². The Balaban J connectivity index is 2.23. The molecule has 0 spiro atoms. The monoisotopic (exact) mass is 323 g/mol. The highest BCUT2D eigenvalue weighted by molar-refractivity contribution is 9.10. The Kier molecular flexibility index (Phi) is 4.70. The van der Waals surface area contributed by atoms with Crippen LogP contribution < -0.4 is 10.1 Å². The van der Waals surface area contributed by atoms with Crippen LogP contribution in [0.15, 0.2) is 34.9 Å².